The highest BCUT2D eigenvalue weighted by atomic mass is 79.9. The number of hydrogen-bond acceptors (Lipinski definition) is 2. The van der Waals surface area contributed by atoms with Crippen LogP contribution in [0.3, 0.4) is 0 Å². The monoisotopic (exact) mass is 437 g/mol. The number of rotatable bonds is 7. The van der Waals surface area contributed by atoms with Gasteiger partial charge in [0.25, 0.3) is 5.91 Å². The summed E-state index contributed by atoms with van der Waals surface area (Å²) in [4.78, 5) is 12.7. The molecule has 4 heteroatoms. The molecule has 0 aromatic heterocycles. The second-order valence-electron chi connectivity index (χ2n) is 6.65. The summed E-state index contributed by atoms with van der Waals surface area (Å²) in [6.45, 7) is 4.67. The lowest BCUT2D eigenvalue weighted by Gasteiger charge is -2.14. The van der Waals surface area contributed by atoms with Crippen LogP contribution in [0.5, 0.6) is 5.75 Å². The Hall–Kier alpha value is -2.59. The van der Waals surface area contributed by atoms with Gasteiger partial charge in [-0.2, -0.15) is 0 Å². The Morgan fingerprint density at radius 2 is 1.82 bits per heavy atom. The van der Waals surface area contributed by atoms with E-state index in [-0.39, 0.29) is 5.91 Å². The van der Waals surface area contributed by atoms with Gasteiger partial charge in [0.2, 0.25) is 0 Å². The van der Waals surface area contributed by atoms with Gasteiger partial charge in [0.05, 0.1) is 11.1 Å². The first-order valence-corrected chi connectivity index (χ1v) is 10.2. The molecule has 0 saturated heterocycles. The molecule has 3 aromatic carbocycles. The van der Waals surface area contributed by atoms with Crippen molar-refractivity contribution in [2.24, 2.45) is 0 Å². The van der Waals surface area contributed by atoms with Crippen LogP contribution in [0.1, 0.15) is 34.0 Å². The number of hydrogen-bond donors (Lipinski definition) is 1. The van der Waals surface area contributed by atoms with Crippen LogP contribution in [0.25, 0.3) is 0 Å². The molecule has 0 saturated carbocycles. The van der Waals surface area contributed by atoms with E-state index in [1.807, 2.05) is 49.4 Å². The van der Waals surface area contributed by atoms with Gasteiger partial charge in [0.1, 0.15) is 5.75 Å². The van der Waals surface area contributed by atoms with Gasteiger partial charge < -0.3 is 10.1 Å². The number of amides is 1. The van der Waals surface area contributed by atoms with E-state index in [1.54, 1.807) is 12.1 Å². The third-order valence-corrected chi connectivity index (χ3v) is 5.28. The highest BCUT2D eigenvalue weighted by molar-refractivity contribution is 9.10. The number of carbonyl (C=O) groups excluding carboxylic acids is 1. The molecule has 0 radical (unpaired) electrons. The van der Waals surface area contributed by atoms with Crippen molar-refractivity contribution in [2.45, 2.75) is 26.7 Å². The van der Waals surface area contributed by atoms with Crippen molar-refractivity contribution in [1.82, 2.24) is 0 Å². The molecule has 0 heterocycles. The number of carbonyl (C=O) groups is 1. The van der Waals surface area contributed by atoms with E-state index in [2.05, 4.69) is 40.3 Å². The summed E-state index contributed by atoms with van der Waals surface area (Å²) in [5.41, 5.74) is 4.92. The highest BCUT2D eigenvalue weighted by Gasteiger charge is 2.13. The van der Waals surface area contributed by atoms with Crippen molar-refractivity contribution in [3.05, 3.63) is 93.5 Å². The number of benzene rings is 3. The zero-order valence-corrected chi connectivity index (χ0v) is 17.8. The van der Waals surface area contributed by atoms with Crippen molar-refractivity contribution in [2.75, 3.05) is 11.9 Å². The predicted octanol–water partition coefficient (Wildman–Crippen LogP) is 6.19. The maximum absolute atomic E-state index is 12.7. The SMILES string of the molecule is CCc1cccc(C)c1NC(=O)c1ccc(OCCc2ccccc2)c(Br)c1. The average molecular weight is 438 g/mol. The van der Waals surface area contributed by atoms with Crippen LogP contribution in [0.15, 0.2) is 71.2 Å². The smallest absolute Gasteiger partial charge is 0.255 e. The van der Waals surface area contributed by atoms with Crippen LogP contribution in [0, 0.1) is 6.92 Å². The first kappa shape index (κ1) is 20.2. The predicted molar refractivity (Wildman–Crippen MR) is 118 cm³/mol. The van der Waals surface area contributed by atoms with E-state index in [4.69, 9.17) is 4.74 Å². The van der Waals surface area contributed by atoms with Crippen LogP contribution in [-0.4, -0.2) is 12.5 Å². The van der Waals surface area contributed by atoms with E-state index < -0.39 is 0 Å². The Bertz CT molecular complexity index is 954. The van der Waals surface area contributed by atoms with E-state index in [9.17, 15) is 4.79 Å². The first-order valence-electron chi connectivity index (χ1n) is 9.44. The minimum absolute atomic E-state index is 0.125. The summed E-state index contributed by atoms with van der Waals surface area (Å²) in [5.74, 6) is 0.609. The molecule has 0 bridgehead atoms. The summed E-state index contributed by atoms with van der Waals surface area (Å²) in [7, 11) is 0. The number of anilines is 1. The lowest BCUT2D eigenvalue weighted by Crippen LogP contribution is -2.14. The molecule has 0 atom stereocenters. The van der Waals surface area contributed by atoms with E-state index in [0.29, 0.717) is 12.2 Å². The molecule has 0 aliphatic rings. The second kappa shape index (κ2) is 9.56. The molecule has 1 amide bonds. The third-order valence-electron chi connectivity index (χ3n) is 4.66. The van der Waals surface area contributed by atoms with Gasteiger partial charge in [-0.1, -0.05) is 55.5 Å². The number of para-hydroxylation sites is 1. The summed E-state index contributed by atoms with van der Waals surface area (Å²) < 4.78 is 6.64. The van der Waals surface area contributed by atoms with Gasteiger partial charge in [-0.05, 0) is 64.2 Å². The molecule has 0 fully saturated rings. The molecule has 0 aliphatic carbocycles. The quantitative estimate of drug-likeness (QED) is 0.478. The van der Waals surface area contributed by atoms with Crippen molar-refractivity contribution < 1.29 is 9.53 Å². The second-order valence-corrected chi connectivity index (χ2v) is 7.50. The van der Waals surface area contributed by atoms with Crippen LogP contribution in [0.4, 0.5) is 5.69 Å². The van der Waals surface area contributed by atoms with Gasteiger partial charge >= 0.3 is 0 Å². The maximum Gasteiger partial charge on any atom is 0.255 e. The topological polar surface area (TPSA) is 38.3 Å². The number of ether oxygens (including phenoxy) is 1. The van der Waals surface area contributed by atoms with Crippen molar-refractivity contribution in [1.29, 1.82) is 0 Å². The zero-order chi connectivity index (χ0) is 19.9. The Labute approximate surface area is 174 Å². The number of aryl methyl sites for hydroxylation is 2. The maximum atomic E-state index is 12.7. The number of nitrogens with one attached hydrogen (secondary N) is 1. The molecule has 28 heavy (non-hydrogen) atoms. The largest absolute Gasteiger partial charge is 0.492 e. The first-order chi connectivity index (χ1) is 13.6. The van der Waals surface area contributed by atoms with Gasteiger partial charge in [-0.3, -0.25) is 4.79 Å². The lowest BCUT2D eigenvalue weighted by atomic mass is 10.1. The average Bonchev–Trinajstić information content (AvgIpc) is 2.71. The van der Waals surface area contributed by atoms with Crippen LogP contribution >= 0.6 is 15.9 Å². The van der Waals surface area contributed by atoms with E-state index in [1.165, 1.54) is 5.56 Å². The van der Waals surface area contributed by atoms with E-state index in [0.717, 1.165) is 39.9 Å². The summed E-state index contributed by atoms with van der Waals surface area (Å²) >= 11 is 3.52. The van der Waals surface area contributed by atoms with Crippen LogP contribution in [-0.2, 0) is 12.8 Å². The fourth-order valence-electron chi connectivity index (χ4n) is 3.07. The molecule has 0 unspecified atom stereocenters. The Morgan fingerprint density at radius 3 is 2.54 bits per heavy atom. The lowest BCUT2D eigenvalue weighted by molar-refractivity contribution is 0.102. The third kappa shape index (κ3) is 5.02. The summed E-state index contributed by atoms with van der Waals surface area (Å²) in [6, 6.07) is 21.7. The molecule has 144 valence electrons. The van der Waals surface area contributed by atoms with Crippen molar-refractivity contribution in [3.63, 3.8) is 0 Å². The molecular weight excluding hydrogens is 414 g/mol. The number of halogens is 1. The molecular formula is C24H24BrNO2. The van der Waals surface area contributed by atoms with E-state index >= 15 is 0 Å². The standard InChI is InChI=1S/C24H24BrNO2/c1-3-19-11-7-8-17(2)23(19)26-24(27)20-12-13-22(21(25)16-20)28-15-14-18-9-5-4-6-10-18/h4-13,16H,3,14-15H2,1-2H3,(H,26,27). The zero-order valence-electron chi connectivity index (χ0n) is 16.2. The minimum Gasteiger partial charge on any atom is -0.492 e. The summed E-state index contributed by atoms with van der Waals surface area (Å²) in [6.07, 6.45) is 1.71. The molecule has 0 aliphatic heterocycles. The highest BCUT2D eigenvalue weighted by Crippen LogP contribution is 2.27. The van der Waals surface area contributed by atoms with Crippen LogP contribution in [0.2, 0.25) is 0 Å². The van der Waals surface area contributed by atoms with Gasteiger partial charge in [-0.25, -0.2) is 0 Å². The molecule has 0 spiro atoms. The minimum atomic E-state index is -0.125. The fourth-order valence-corrected chi connectivity index (χ4v) is 3.56. The Balaban J connectivity index is 1.66. The van der Waals surface area contributed by atoms with Gasteiger partial charge in [0.15, 0.2) is 0 Å². The van der Waals surface area contributed by atoms with Crippen molar-refractivity contribution in [3.8, 4) is 5.75 Å². The van der Waals surface area contributed by atoms with Gasteiger partial charge in [0, 0.05) is 17.7 Å². The van der Waals surface area contributed by atoms with Crippen LogP contribution < -0.4 is 10.1 Å². The fraction of sp³-hybridized carbons (Fsp3) is 0.208. The molecule has 1 N–H and O–H groups in total. The van der Waals surface area contributed by atoms with Crippen molar-refractivity contribution >= 4 is 27.5 Å². The normalized spacial score (nSPS) is 10.5. The summed E-state index contributed by atoms with van der Waals surface area (Å²) in [5, 5.41) is 3.06. The molecule has 3 aromatic rings. The Kier molecular flexibility index (Phi) is 6.88. The van der Waals surface area contributed by atoms with Gasteiger partial charge in [-0.15, -0.1) is 0 Å². The molecule has 3 nitrogen and oxygen atoms in total. The molecule has 3 rings (SSSR count). The Morgan fingerprint density at radius 1 is 1.04 bits per heavy atom.